The van der Waals surface area contributed by atoms with Gasteiger partial charge in [0.2, 0.25) is 0 Å². The summed E-state index contributed by atoms with van der Waals surface area (Å²) in [6.07, 6.45) is 6.57. The lowest BCUT2D eigenvalue weighted by molar-refractivity contribution is 0.201. The zero-order chi connectivity index (χ0) is 27.2. The number of para-hydroxylation sites is 1. The Hall–Kier alpha value is -2.99. The summed E-state index contributed by atoms with van der Waals surface area (Å²) in [7, 11) is 1.84. The number of hydrogen-bond donors (Lipinski definition) is 2. The van der Waals surface area contributed by atoms with Crippen molar-refractivity contribution in [2.24, 2.45) is 0 Å². The number of aromatic amines is 1. The summed E-state index contributed by atoms with van der Waals surface area (Å²) < 4.78 is 0. The van der Waals surface area contributed by atoms with Gasteiger partial charge in [0.1, 0.15) is 0 Å². The Bertz CT molecular complexity index is 1380. The second-order valence-electron chi connectivity index (χ2n) is 10.6. The number of urea groups is 1. The molecule has 1 fully saturated rings. The van der Waals surface area contributed by atoms with Crippen molar-refractivity contribution in [3.63, 3.8) is 0 Å². The highest BCUT2D eigenvalue weighted by molar-refractivity contribution is 6.42. The molecule has 1 aromatic heterocycles. The highest BCUT2D eigenvalue weighted by Crippen LogP contribution is 2.34. The molecule has 5 rings (SSSR count). The maximum atomic E-state index is 12.8. The number of nitrogens with one attached hydrogen (secondary N) is 2. The number of H-pyrrole nitrogens is 1. The van der Waals surface area contributed by atoms with E-state index in [1.807, 2.05) is 7.05 Å². The summed E-state index contributed by atoms with van der Waals surface area (Å²) in [6.45, 7) is 3.98. The molecule has 2 N–H and O–H groups in total. The van der Waals surface area contributed by atoms with Crippen molar-refractivity contribution in [2.75, 3.05) is 38.5 Å². The Kier molecular flexibility index (Phi) is 9.13. The molecule has 1 saturated heterocycles. The third-order valence-electron chi connectivity index (χ3n) is 8.04. The van der Waals surface area contributed by atoms with Crippen molar-refractivity contribution < 1.29 is 4.79 Å². The topological polar surface area (TPSA) is 51.4 Å². The van der Waals surface area contributed by atoms with Gasteiger partial charge in [0.25, 0.3) is 0 Å². The summed E-state index contributed by atoms with van der Waals surface area (Å²) in [5.74, 6) is 1.00. The van der Waals surface area contributed by atoms with Crippen LogP contribution in [0.4, 0.5) is 10.5 Å². The molecule has 0 saturated carbocycles. The highest BCUT2D eigenvalue weighted by Gasteiger charge is 2.24. The van der Waals surface area contributed by atoms with E-state index >= 15 is 0 Å². The number of benzene rings is 3. The fourth-order valence-electron chi connectivity index (χ4n) is 5.68. The minimum absolute atomic E-state index is 0.153. The zero-order valence-corrected chi connectivity index (χ0v) is 23.9. The number of anilines is 1. The van der Waals surface area contributed by atoms with Crippen LogP contribution in [0.25, 0.3) is 10.9 Å². The lowest BCUT2D eigenvalue weighted by atomic mass is 9.88. The first-order valence-electron chi connectivity index (χ1n) is 13.8. The average Bonchev–Trinajstić information content (AvgIpc) is 3.40. The fraction of sp³-hybridized carbons (Fsp3) is 0.344. The van der Waals surface area contributed by atoms with Gasteiger partial charge in [0.05, 0.1) is 10.0 Å². The molecular weight excluding hydrogens is 527 g/mol. The van der Waals surface area contributed by atoms with E-state index in [1.165, 1.54) is 34.9 Å². The van der Waals surface area contributed by atoms with E-state index in [4.69, 9.17) is 23.2 Å². The number of halogens is 2. The number of hydrogen-bond acceptors (Lipinski definition) is 2. The van der Waals surface area contributed by atoms with E-state index in [0.717, 1.165) is 32.5 Å². The maximum Gasteiger partial charge on any atom is 0.321 e. The van der Waals surface area contributed by atoms with Crippen LogP contribution in [0.15, 0.2) is 79.0 Å². The number of rotatable bonds is 9. The molecule has 0 spiro atoms. The summed E-state index contributed by atoms with van der Waals surface area (Å²) in [6, 6.07) is 24.3. The Labute approximate surface area is 241 Å². The summed E-state index contributed by atoms with van der Waals surface area (Å²) >= 11 is 12.1. The molecule has 4 aromatic rings. The molecule has 1 unspecified atom stereocenters. The van der Waals surface area contributed by atoms with Gasteiger partial charge >= 0.3 is 6.03 Å². The van der Waals surface area contributed by atoms with Crippen LogP contribution in [0, 0.1) is 0 Å². The number of carbonyl (C=O) groups excluding carboxylic acids is 1. The van der Waals surface area contributed by atoms with Gasteiger partial charge in [0, 0.05) is 36.4 Å². The van der Waals surface area contributed by atoms with Gasteiger partial charge in [-0.2, -0.15) is 0 Å². The Morgan fingerprint density at radius 3 is 2.51 bits per heavy atom. The molecule has 204 valence electrons. The Morgan fingerprint density at radius 1 is 1.00 bits per heavy atom. The molecule has 1 aliphatic heterocycles. The van der Waals surface area contributed by atoms with E-state index in [-0.39, 0.29) is 6.03 Å². The van der Waals surface area contributed by atoms with Crippen LogP contribution in [-0.2, 0) is 0 Å². The van der Waals surface area contributed by atoms with Gasteiger partial charge in [-0.15, -0.1) is 0 Å². The van der Waals surface area contributed by atoms with Crippen molar-refractivity contribution >= 4 is 45.8 Å². The predicted octanol–water partition coefficient (Wildman–Crippen LogP) is 8.38. The standard InChI is InChI=1S/C32H36Cl2N4O/c1-37(32(39)36-26-11-12-29(33)30(34)21-26)17-13-24(23-7-3-2-4-8-23)14-18-38-19-15-25(16-20-38)28-22-35-31-10-6-5-9-27(28)31/h2-12,21-22,24-25,35H,13-20H2,1H3,(H,36,39). The number of likely N-dealkylation sites (tertiary alicyclic amines) is 1. The first-order chi connectivity index (χ1) is 19.0. The molecule has 5 nitrogen and oxygen atoms in total. The number of carbonyl (C=O) groups is 1. The van der Waals surface area contributed by atoms with Crippen LogP contribution in [-0.4, -0.2) is 54.0 Å². The second kappa shape index (κ2) is 12.9. The zero-order valence-electron chi connectivity index (χ0n) is 22.4. The van der Waals surface area contributed by atoms with Crippen molar-refractivity contribution in [3.05, 3.63) is 100 Å². The van der Waals surface area contributed by atoms with Gasteiger partial charge in [-0.05, 0) is 92.5 Å². The minimum Gasteiger partial charge on any atom is -0.361 e. The molecule has 0 radical (unpaired) electrons. The highest BCUT2D eigenvalue weighted by atomic mass is 35.5. The number of amides is 2. The van der Waals surface area contributed by atoms with Gasteiger partial charge in [0.15, 0.2) is 0 Å². The van der Waals surface area contributed by atoms with Crippen LogP contribution >= 0.6 is 23.2 Å². The van der Waals surface area contributed by atoms with E-state index in [2.05, 4.69) is 76.0 Å². The monoisotopic (exact) mass is 562 g/mol. The lowest BCUT2D eigenvalue weighted by Crippen LogP contribution is -2.35. The normalized spacial score (nSPS) is 15.4. The maximum absolute atomic E-state index is 12.8. The molecule has 39 heavy (non-hydrogen) atoms. The van der Waals surface area contributed by atoms with Crippen LogP contribution in [0.5, 0.6) is 0 Å². The van der Waals surface area contributed by atoms with Gasteiger partial charge < -0.3 is 20.1 Å². The molecule has 0 aliphatic carbocycles. The van der Waals surface area contributed by atoms with Crippen molar-refractivity contribution in [1.29, 1.82) is 0 Å². The summed E-state index contributed by atoms with van der Waals surface area (Å²) in [5, 5.41) is 5.18. The first-order valence-corrected chi connectivity index (χ1v) is 14.5. The van der Waals surface area contributed by atoms with Crippen molar-refractivity contribution in [1.82, 2.24) is 14.8 Å². The van der Waals surface area contributed by atoms with Crippen molar-refractivity contribution in [2.45, 2.75) is 37.5 Å². The van der Waals surface area contributed by atoms with E-state index in [9.17, 15) is 4.79 Å². The second-order valence-corrected chi connectivity index (χ2v) is 11.4. The van der Waals surface area contributed by atoms with Crippen LogP contribution in [0.1, 0.15) is 48.6 Å². The van der Waals surface area contributed by atoms with Gasteiger partial charge in [-0.25, -0.2) is 4.79 Å². The average molecular weight is 564 g/mol. The number of aromatic nitrogens is 1. The van der Waals surface area contributed by atoms with Crippen LogP contribution < -0.4 is 5.32 Å². The minimum atomic E-state index is -0.153. The number of fused-ring (bicyclic) bond motifs is 1. The third kappa shape index (κ3) is 6.96. The SMILES string of the molecule is CN(CCC(CCN1CCC(c2c[nH]c3ccccc23)CC1)c1ccccc1)C(=O)Nc1ccc(Cl)c(Cl)c1. The lowest BCUT2D eigenvalue weighted by Gasteiger charge is -2.33. The molecule has 2 heterocycles. The molecule has 1 atom stereocenters. The quantitative estimate of drug-likeness (QED) is 0.215. The summed E-state index contributed by atoms with van der Waals surface area (Å²) in [5.41, 5.74) is 4.67. The van der Waals surface area contributed by atoms with Gasteiger partial charge in [-0.1, -0.05) is 71.7 Å². The molecule has 7 heteroatoms. The molecular formula is C32H36Cl2N4O. The Balaban J connectivity index is 1.14. The summed E-state index contributed by atoms with van der Waals surface area (Å²) in [4.78, 5) is 20.6. The molecule has 3 aromatic carbocycles. The largest absolute Gasteiger partial charge is 0.361 e. The third-order valence-corrected chi connectivity index (χ3v) is 8.78. The molecule has 1 aliphatic rings. The number of nitrogens with zero attached hydrogens (tertiary/aromatic N) is 2. The number of piperidine rings is 1. The van der Waals surface area contributed by atoms with E-state index in [1.54, 1.807) is 23.1 Å². The van der Waals surface area contributed by atoms with Crippen LogP contribution in [0.3, 0.4) is 0 Å². The first kappa shape index (κ1) is 27.6. The fourth-order valence-corrected chi connectivity index (χ4v) is 5.98. The van der Waals surface area contributed by atoms with E-state index in [0.29, 0.717) is 34.1 Å². The van der Waals surface area contributed by atoms with Crippen LogP contribution in [0.2, 0.25) is 10.0 Å². The smallest absolute Gasteiger partial charge is 0.321 e. The van der Waals surface area contributed by atoms with Gasteiger partial charge in [-0.3, -0.25) is 0 Å². The van der Waals surface area contributed by atoms with E-state index < -0.39 is 0 Å². The predicted molar refractivity (Wildman–Crippen MR) is 163 cm³/mol. The van der Waals surface area contributed by atoms with Crippen molar-refractivity contribution in [3.8, 4) is 0 Å². The Morgan fingerprint density at radius 2 is 1.74 bits per heavy atom. The molecule has 2 amide bonds. The molecule has 0 bridgehead atoms.